The summed E-state index contributed by atoms with van der Waals surface area (Å²) in [5, 5.41) is 10.3. The van der Waals surface area contributed by atoms with Crippen LogP contribution in [0.1, 0.15) is 18.4 Å². The van der Waals surface area contributed by atoms with Gasteiger partial charge in [-0.1, -0.05) is 42.1 Å². The SMILES string of the molecule is CN(C)C1=N[C@@H]2C[C@H](OCc3ccccc3)[C@@H](CCO)O[C@@H]2S1. The van der Waals surface area contributed by atoms with Crippen LogP contribution in [-0.4, -0.2) is 59.6 Å². The summed E-state index contributed by atoms with van der Waals surface area (Å²) in [5.74, 6) is 0. The Morgan fingerprint density at radius 2 is 2.13 bits per heavy atom. The lowest BCUT2D eigenvalue weighted by Gasteiger charge is -2.37. The lowest BCUT2D eigenvalue weighted by molar-refractivity contribution is -0.131. The molecule has 1 N–H and O–H groups in total. The standard InChI is InChI=1S/C17H24N2O3S/c1-19(2)17-18-13-10-15(14(8-9-20)22-16(13)23-17)21-11-12-6-4-3-5-7-12/h3-7,13-16,20H,8-11H2,1-2H3/t13-,14-,15+,16-/m1/s1. The summed E-state index contributed by atoms with van der Waals surface area (Å²) in [6, 6.07) is 10.3. The Hall–Kier alpha value is -1.08. The zero-order valence-electron chi connectivity index (χ0n) is 13.6. The van der Waals surface area contributed by atoms with Crippen LogP contribution >= 0.6 is 11.8 Å². The summed E-state index contributed by atoms with van der Waals surface area (Å²) in [5.41, 5.74) is 1.19. The van der Waals surface area contributed by atoms with Gasteiger partial charge in [0, 0.05) is 27.1 Å². The number of aliphatic hydroxyl groups excluding tert-OH is 1. The molecule has 1 fully saturated rings. The van der Waals surface area contributed by atoms with E-state index in [0.717, 1.165) is 17.2 Å². The molecule has 4 atom stereocenters. The Balaban J connectivity index is 1.64. The molecule has 2 heterocycles. The molecular weight excluding hydrogens is 312 g/mol. The predicted molar refractivity (Wildman–Crippen MR) is 92.5 cm³/mol. The van der Waals surface area contributed by atoms with Crippen LogP contribution in [0.2, 0.25) is 0 Å². The zero-order valence-corrected chi connectivity index (χ0v) is 14.4. The summed E-state index contributed by atoms with van der Waals surface area (Å²) in [7, 11) is 4.00. The largest absolute Gasteiger partial charge is 0.396 e. The van der Waals surface area contributed by atoms with Gasteiger partial charge in [0.15, 0.2) is 5.17 Å². The van der Waals surface area contributed by atoms with E-state index in [0.29, 0.717) is 13.0 Å². The van der Waals surface area contributed by atoms with Crippen LogP contribution in [-0.2, 0) is 16.1 Å². The van der Waals surface area contributed by atoms with E-state index in [1.54, 1.807) is 11.8 Å². The number of rotatable bonds is 5. The molecule has 126 valence electrons. The Bertz CT molecular complexity index is 538. The van der Waals surface area contributed by atoms with Gasteiger partial charge in [-0.05, 0) is 12.0 Å². The molecule has 0 spiro atoms. The van der Waals surface area contributed by atoms with Gasteiger partial charge in [0.2, 0.25) is 0 Å². The Kier molecular flexibility index (Phi) is 5.58. The number of amidine groups is 1. The number of hydrogen-bond acceptors (Lipinski definition) is 6. The Labute approximate surface area is 141 Å². The average Bonchev–Trinajstić information content (AvgIpc) is 2.97. The molecule has 0 bridgehead atoms. The van der Waals surface area contributed by atoms with Crippen molar-refractivity contribution in [1.29, 1.82) is 0 Å². The van der Waals surface area contributed by atoms with Gasteiger partial charge >= 0.3 is 0 Å². The van der Waals surface area contributed by atoms with Crippen molar-refractivity contribution in [1.82, 2.24) is 4.90 Å². The van der Waals surface area contributed by atoms with Crippen LogP contribution in [0.15, 0.2) is 35.3 Å². The average molecular weight is 336 g/mol. The van der Waals surface area contributed by atoms with Crippen LogP contribution in [0, 0.1) is 0 Å². The fraction of sp³-hybridized carbons (Fsp3) is 0.588. The van der Waals surface area contributed by atoms with Crippen molar-refractivity contribution >= 4 is 16.9 Å². The van der Waals surface area contributed by atoms with Crippen molar-refractivity contribution in [2.45, 2.75) is 43.1 Å². The van der Waals surface area contributed by atoms with E-state index in [1.165, 1.54) is 0 Å². The minimum absolute atomic E-state index is 0.0329. The van der Waals surface area contributed by atoms with E-state index in [1.807, 2.05) is 37.2 Å². The minimum Gasteiger partial charge on any atom is -0.396 e. The van der Waals surface area contributed by atoms with Gasteiger partial charge < -0.3 is 19.5 Å². The molecule has 0 amide bonds. The van der Waals surface area contributed by atoms with Crippen LogP contribution in [0.3, 0.4) is 0 Å². The fourth-order valence-corrected chi connectivity index (χ4v) is 4.04. The normalized spacial score (nSPS) is 30.0. The molecule has 1 aromatic rings. The van der Waals surface area contributed by atoms with Gasteiger partial charge in [0.05, 0.1) is 24.9 Å². The number of ether oxygens (including phenoxy) is 2. The van der Waals surface area contributed by atoms with E-state index >= 15 is 0 Å². The van der Waals surface area contributed by atoms with E-state index in [9.17, 15) is 5.11 Å². The smallest absolute Gasteiger partial charge is 0.161 e. The van der Waals surface area contributed by atoms with Crippen LogP contribution in [0.25, 0.3) is 0 Å². The molecule has 1 aromatic carbocycles. The number of benzene rings is 1. The summed E-state index contributed by atoms with van der Waals surface area (Å²) in [4.78, 5) is 6.77. The highest BCUT2D eigenvalue weighted by molar-refractivity contribution is 8.14. The molecule has 5 nitrogen and oxygen atoms in total. The third-order valence-electron chi connectivity index (χ3n) is 4.11. The molecule has 2 aliphatic rings. The maximum absolute atomic E-state index is 9.32. The highest BCUT2D eigenvalue weighted by Crippen LogP contribution is 2.38. The maximum Gasteiger partial charge on any atom is 0.161 e. The van der Waals surface area contributed by atoms with Crippen LogP contribution in [0.4, 0.5) is 0 Å². The first kappa shape index (κ1) is 16.8. The summed E-state index contributed by atoms with van der Waals surface area (Å²) in [6.45, 7) is 0.672. The molecule has 0 aliphatic carbocycles. The molecule has 2 aliphatic heterocycles. The van der Waals surface area contributed by atoms with Gasteiger partial charge in [-0.3, -0.25) is 4.99 Å². The van der Waals surface area contributed by atoms with E-state index in [-0.39, 0.29) is 30.3 Å². The first-order valence-corrected chi connectivity index (χ1v) is 8.89. The Morgan fingerprint density at radius 3 is 2.83 bits per heavy atom. The van der Waals surface area contributed by atoms with Crippen LogP contribution in [0.5, 0.6) is 0 Å². The van der Waals surface area contributed by atoms with Crippen LogP contribution < -0.4 is 0 Å². The number of hydrogen-bond donors (Lipinski definition) is 1. The number of aliphatic hydroxyl groups is 1. The molecule has 1 saturated heterocycles. The molecule has 23 heavy (non-hydrogen) atoms. The topological polar surface area (TPSA) is 54.3 Å². The van der Waals surface area contributed by atoms with Gasteiger partial charge in [0.25, 0.3) is 0 Å². The number of aliphatic imine (C=N–C) groups is 1. The van der Waals surface area contributed by atoms with E-state index in [4.69, 9.17) is 14.5 Å². The third kappa shape index (κ3) is 4.07. The second-order valence-corrected chi connectivity index (χ2v) is 7.18. The first-order valence-electron chi connectivity index (χ1n) is 8.01. The van der Waals surface area contributed by atoms with Gasteiger partial charge in [-0.25, -0.2) is 0 Å². The summed E-state index contributed by atoms with van der Waals surface area (Å²) in [6.07, 6.45) is 1.33. The molecule has 0 unspecified atom stereocenters. The van der Waals surface area contributed by atoms with Gasteiger partial charge in [-0.2, -0.15) is 0 Å². The zero-order chi connectivity index (χ0) is 16.2. The lowest BCUT2D eigenvalue weighted by atomic mass is 9.99. The number of nitrogens with zero attached hydrogens (tertiary/aromatic N) is 2. The van der Waals surface area contributed by atoms with Gasteiger partial charge in [0.1, 0.15) is 5.44 Å². The highest BCUT2D eigenvalue weighted by Gasteiger charge is 2.43. The highest BCUT2D eigenvalue weighted by atomic mass is 32.2. The third-order valence-corrected chi connectivity index (χ3v) is 5.45. The molecular formula is C17H24N2O3S. The van der Waals surface area contributed by atoms with Gasteiger partial charge in [-0.15, -0.1) is 0 Å². The predicted octanol–water partition coefficient (Wildman–Crippen LogP) is 2.10. The van der Waals surface area contributed by atoms with Crippen molar-refractivity contribution in [3.63, 3.8) is 0 Å². The lowest BCUT2D eigenvalue weighted by Crippen LogP contribution is -2.45. The van der Waals surface area contributed by atoms with Crippen molar-refractivity contribution in [3.05, 3.63) is 35.9 Å². The second-order valence-electron chi connectivity index (χ2n) is 6.12. The minimum atomic E-state index is -0.0748. The number of fused-ring (bicyclic) bond motifs is 1. The Morgan fingerprint density at radius 1 is 1.35 bits per heavy atom. The second kappa shape index (κ2) is 7.66. The molecule has 3 rings (SSSR count). The summed E-state index contributed by atoms with van der Waals surface area (Å²) >= 11 is 1.67. The number of thioether (sulfide) groups is 1. The molecule has 6 heteroatoms. The quantitative estimate of drug-likeness (QED) is 0.892. The monoisotopic (exact) mass is 336 g/mol. The van der Waals surface area contributed by atoms with Crippen molar-refractivity contribution < 1.29 is 14.6 Å². The molecule has 0 aromatic heterocycles. The van der Waals surface area contributed by atoms with Crippen molar-refractivity contribution in [2.24, 2.45) is 4.99 Å². The van der Waals surface area contributed by atoms with E-state index < -0.39 is 0 Å². The summed E-state index contributed by atoms with van der Waals surface area (Å²) < 4.78 is 12.3. The maximum atomic E-state index is 9.32. The molecule has 0 radical (unpaired) electrons. The molecule has 0 saturated carbocycles. The van der Waals surface area contributed by atoms with E-state index in [2.05, 4.69) is 12.1 Å². The van der Waals surface area contributed by atoms with Crippen molar-refractivity contribution in [3.8, 4) is 0 Å². The first-order chi connectivity index (χ1) is 11.2. The fourth-order valence-electron chi connectivity index (χ4n) is 2.90. The van der Waals surface area contributed by atoms with Crippen molar-refractivity contribution in [2.75, 3.05) is 20.7 Å².